The highest BCUT2D eigenvalue weighted by Gasteiger charge is 2.51. The lowest BCUT2D eigenvalue weighted by atomic mass is 9.75. The SMILES string of the molecule is O=C(O)C1(CN2CCC(C3C4=NC=CCC=C4OCc4cc(F)ccc43)CC2)CC1. The van der Waals surface area contributed by atoms with Crippen molar-refractivity contribution in [2.24, 2.45) is 16.3 Å². The zero-order valence-corrected chi connectivity index (χ0v) is 17.0. The Hall–Kier alpha value is -2.47. The number of aliphatic carboxylic acids is 1. The first kappa shape index (κ1) is 19.5. The van der Waals surface area contributed by atoms with Gasteiger partial charge < -0.3 is 14.7 Å². The Morgan fingerprint density at radius 3 is 2.83 bits per heavy atom. The van der Waals surface area contributed by atoms with Crippen molar-refractivity contribution >= 4 is 11.7 Å². The summed E-state index contributed by atoms with van der Waals surface area (Å²) in [6.07, 6.45) is 10.2. The second-order valence-corrected chi connectivity index (χ2v) is 9.01. The quantitative estimate of drug-likeness (QED) is 0.806. The van der Waals surface area contributed by atoms with E-state index >= 15 is 0 Å². The maximum absolute atomic E-state index is 13.9. The summed E-state index contributed by atoms with van der Waals surface area (Å²) in [4.78, 5) is 18.6. The molecular weight excluding hydrogens is 383 g/mol. The molecule has 1 aliphatic carbocycles. The number of carboxylic acids is 1. The molecule has 0 aromatic heterocycles. The Bertz CT molecular complexity index is 940. The molecule has 3 heterocycles. The maximum Gasteiger partial charge on any atom is 0.310 e. The second-order valence-electron chi connectivity index (χ2n) is 9.01. The van der Waals surface area contributed by atoms with Crippen LogP contribution in [0.25, 0.3) is 0 Å². The van der Waals surface area contributed by atoms with Crippen molar-refractivity contribution in [1.82, 2.24) is 4.90 Å². The Labute approximate surface area is 175 Å². The topological polar surface area (TPSA) is 62.1 Å². The van der Waals surface area contributed by atoms with Gasteiger partial charge in [0.15, 0.2) is 0 Å². The van der Waals surface area contributed by atoms with E-state index in [1.807, 2.05) is 18.3 Å². The molecule has 2 fully saturated rings. The highest BCUT2D eigenvalue weighted by Crippen LogP contribution is 2.47. The molecule has 1 aromatic carbocycles. The highest BCUT2D eigenvalue weighted by molar-refractivity contribution is 6.04. The van der Waals surface area contributed by atoms with Crippen LogP contribution in [0, 0.1) is 17.2 Å². The van der Waals surface area contributed by atoms with Gasteiger partial charge in [-0.25, -0.2) is 4.39 Å². The number of allylic oxidation sites excluding steroid dienone is 3. The van der Waals surface area contributed by atoms with E-state index in [2.05, 4.69) is 11.0 Å². The number of nitrogens with zero attached hydrogens (tertiary/aromatic N) is 2. The van der Waals surface area contributed by atoms with Crippen LogP contribution < -0.4 is 0 Å². The van der Waals surface area contributed by atoms with Crippen LogP contribution in [-0.4, -0.2) is 41.3 Å². The number of fused-ring (bicyclic) bond motifs is 2. The van der Waals surface area contributed by atoms with Crippen molar-refractivity contribution < 1.29 is 19.0 Å². The molecule has 30 heavy (non-hydrogen) atoms. The molecule has 0 spiro atoms. The number of halogens is 1. The molecule has 158 valence electrons. The zero-order valence-electron chi connectivity index (χ0n) is 17.0. The average molecular weight is 410 g/mol. The predicted octanol–water partition coefficient (Wildman–Crippen LogP) is 4.26. The number of carboxylic acid groups (broad SMARTS) is 1. The Morgan fingerprint density at radius 2 is 2.10 bits per heavy atom. The van der Waals surface area contributed by atoms with Gasteiger partial charge in [0.05, 0.1) is 11.1 Å². The monoisotopic (exact) mass is 410 g/mol. The largest absolute Gasteiger partial charge is 0.487 e. The summed E-state index contributed by atoms with van der Waals surface area (Å²) >= 11 is 0. The minimum absolute atomic E-state index is 0.0635. The van der Waals surface area contributed by atoms with E-state index in [-0.39, 0.29) is 11.7 Å². The molecule has 5 rings (SSSR count). The van der Waals surface area contributed by atoms with Crippen molar-refractivity contribution in [3.63, 3.8) is 0 Å². The van der Waals surface area contributed by atoms with Crippen LogP contribution in [0.2, 0.25) is 0 Å². The van der Waals surface area contributed by atoms with E-state index in [1.54, 1.807) is 6.07 Å². The number of hydrogen-bond donors (Lipinski definition) is 1. The Balaban J connectivity index is 1.41. The summed E-state index contributed by atoms with van der Waals surface area (Å²) < 4.78 is 20.0. The van der Waals surface area contributed by atoms with E-state index in [0.29, 0.717) is 19.1 Å². The van der Waals surface area contributed by atoms with Crippen LogP contribution >= 0.6 is 0 Å². The zero-order chi connectivity index (χ0) is 20.7. The maximum atomic E-state index is 13.9. The summed E-state index contributed by atoms with van der Waals surface area (Å²) in [5.41, 5.74) is 2.43. The smallest absolute Gasteiger partial charge is 0.310 e. The molecule has 6 heteroatoms. The van der Waals surface area contributed by atoms with Gasteiger partial charge in [-0.1, -0.05) is 12.1 Å². The minimum Gasteiger partial charge on any atom is -0.487 e. The first-order valence-corrected chi connectivity index (χ1v) is 10.9. The van der Waals surface area contributed by atoms with E-state index in [1.165, 1.54) is 6.07 Å². The molecule has 0 radical (unpaired) electrons. The lowest BCUT2D eigenvalue weighted by molar-refractivity contribution is -0.144. The summed E-state index contributed by atoms with van der Waals surface area (Å²) in [5, 5.41) is 9.51. The molecule has 1 aromatic rings. The number of likely N-dealkylation sites (tertiary alicyclic amines) is 1. The van der Waals surface area contributed by atoms with Crippen molar-refractivity contribution in [1.29, 1.82) is 0 Å². The molecule has 1 saturated heterocycles. The lowest BCUT2D eigenvalue weighted by Gasteiger charge is -2.37. The van der Waals surface area contributed by atoms with Gasteiger partial charge in [0.1, 0.15) is 18.2 Å². The van der Waals surface area contributed by atoms with Gasteiger partial charge in [0, 0.05) is 18.7 Å². The minimum atomic E-state index is -0.657. The summed E-state index contributed by atoms with van der Waals surface area (Å²) in [6.45, 7) is 2.78. The molecule has 1 saturated carbocycles. The number of benzene rings is 1. The van der Waals surface area contributed by atoms with Crippen molar-refractivity contribution in [2.75, 3.05) is 19.6 Å². The summed E-state index contributed by atoms with van der Waals surface area (Å²) in [6, 6.07) is 5.02. The fourth-order valence-electron chi connectivity index (χ4n) is 5.15. The normalized spacial score (nSPS) is 25.7. The second kappa shape index (κ2) is 7.65. The van der Waals surface area contributed by atoms with Crippen LogP contribution in [0.5, 0.6) is 0 Å². The first-order valence-electron chi connectivity index (χ1n) is 10.9. The average Bonchev–Trinajstić information content (AvgIpc) is 3.55. The number of aliphatic imine (C=N–C) groups is 1. The summed E-state index contributed by atoms with van der Waals surface area (Å²) in [7, 11) is 0. The third-order valence-corrected chi connectivity index (χ3v) is 7.07. The van der Waals surface area contributed by atoms with Gasteiger partial charge in [-0.15, -0.1) is 0 Å². The fraction of sp³-hybridized carbons (Fsp3) is 0.500. The van der Waals surface area contributed by atoms with Gasteiger partial charge in [0.2, 0.25) is 0 Å². The van der Waals surface area contributed by atoms with E-state index in [9.17, 15) is 14.3 Å². The predicted molar refractivity (Wildman–Crippen MR) is 112 cm³/mol. The third-order valence-electron chi connectivity index (χ3n) is 7.07. The van der Waals surface area contributed by atoms with Crippen molar-refractivity contribution in [3.05, 3.63) is 59.3 Å². The summed E-state index contributed by atoms with van der Waals surface area (Å²) in [5.74, 6) is 0.337. The molecule has 1 N–H and O–H groups in total. The van der Waals surface area contributed by atoms with Crippen molar-refractivity contribution in [2.45, 2.75) is 44.6 Å². The van der Waals surface area contributed by atoms with Gasteiger partial charge >= 0.3 is 5.97 Å². The molecular formula is C24H27FN2O3. The number of hydrogen-bond acceptors (Lipinski definition) is 4. The molecule has 4 aliphatic rings. The third kappa shape index (κ3) is 3.58. The van der Waals surface area contributed by atoms with Gasteiger partial charge in [-0.2, -0.15) is 0 Å². The molecule has 0 bridgehead atoms. The van der Waals surface area contributed by atoms with E-state index < -0.39 is 11.4 Å². The van der Waals surface area contributed by atoms with Crippen LogP contribution in [0.1, 0.15) is 49.1 Å². The van der Waals surface area contributed by atoms with Crippen LogP contribution in [0.4, 0.5) is 4.39 Å². The molecule has 5 nitrogen and oxygen atoms in total. The van der Waals surface area contributed by atoms with Crippen LogP contribution in [0.15, 0.2) is 47.3 Å². The fourth-order valence-corrected chi connectivity index (χ4v) is 5.15. The molecule has 1 atom stereocenters. The van der Waals surface area contributed by atoms with E-state index in [4.69, 9.17) is 9.73 Å². The van der Waals surface area contributed by atoms with Crippen LogP contribution in [0.3, 0.4) is 0 Å². The molecule has 3 aliphatic heterocycles. The number of carbonyl (C=O) groups is 1. The lowest BCUT2D eigenvalue weighted by Crippen LogP contribution is -2.42. The number of ether oxygens (including phenoxy) is 1. The van der Waals surface area contributed by atoms with Gasteiger partial charge in [-0.3, -0.25) is 9.79 Å². The highest BCUT2D eigenvalue weighted by atomic mass is 19.1. The Kier molecular flexibility index (Phi) is 4.97. The standard InChI is InChI=1S/C24H27FN2O3/c25-18-4-5-19-17(13-18)14-30-20-3-1-2-10-26-22(20)21(19)16-6-11-27(12-7-16)15-24(8-9-24)23(28)29/h2-5,10,13,16,21H,1,6-9,11-12,14-15H2,(H,28,29). The van der Waals surface area contributed by atoms with Gasteiger partial charge in [-0.05, 0) is 80.4 Å². The number of piperidine rings is 1. The van der Waals surface area contributed by atoms with Gasteiger partial charge in [0.25, 0.3) is 0 Å². The van der Waals surface area contributed by atoms with E-state index in [0.717, 1.165) is 67.8 Å². The first-order chi connectivity index (χ1) is 14.6. The molecule has 1 unspecified atom stereocenters. The van der Waals surface area contributed by atoms with Crippen molar-refractivity contribution in [3.8, 4) is 0 Å². The Morgan fingerprint density at radius 1 is 1.30 bits per heavy atom. The number of rotatable bonds is 4. The van der Waals surface area contributed by atoms with Crippen LogP contribution in [-0.2, 0) is 16.1 Å². The molecule has 0 amide bonds.